The monoisotopic (exact) mass is 414 g/mol. The van der Waals surface area contributed by atoms with Crippen molar-refractivity contribution >= 4 is 29.2 Å². The highest BCUT2D eigenvalue weighted by Gasteiger charge is 2.21. The summed E-state index contributed by atoms with van der Waals surface area (Å²) >= 11 is 0. The molecule has 2 amide bonds. The highest BCUT2D eigenvalue weighted by molar-refractivity contribution is 5.98. The van der Waals surface area contributed by atoms with Crippen LogP contribution >= 0.6 is 0 Å². The Balaban J connectivity index is 1.96. The van der Waals surface area contributed by atoms with Gasteiger partial charge in [-0.15, -0.1) is 0 Å². The lowest BCUT2D eigenvalue weighted by Crippen LogP contribution is -2.27. The highest BCUT2D eigenvalue weighted by Crippen LogP contribution is 2.29. The van der Waals surface area contributed by atoms with Crippen LogP contribution in [-0.4, -0.2) is 38.6 Å². The summed E-state index contributed by atoms with van der Waals surface area (Å²) in [5.74, 6) is -0.394. The second kappa shape index (κ2) is 9.78. The first-order valence-corrected chi connectivity index (χ1v) is 9.24. The molecule has 2 aromatic rings. The van der Waals surface area contributed by atoms with Crippen LogP contribution in [-0.2, 0) is 14.3 Å². The molecule has 8 nitrogen and oxygen atoms in total. The minimum Gasteiger partial charge on any atom is -0.497 e. The lowest BCUT2D eigenvalue weighted by Gasteiger charge is -2.17. The van der Waals surface area contributed by atoms with Gasteiger partial charge in [-0.1, -0.05) is 26.8 Å². The summed E-state index contributed by atoms with van der Waals surface area (Å²) in [5, 5.41) is 5.37. The highest BCUT2D eigenvalue weighted by atomic mass is 16.5. The van der Waals surface area contributed by atoms with Crippen LogP contribution in [0.15, 0.2) is 42.5 Å². The van der Waals surface area contributed by atoms with E-state index in [1.54, 1.807) is 57.2 Å². The average Bonchev–Trinajstić information content (AvgIpc) is 2.71. The number of benzene rings is 2. The van der Waals surface area contributed by atoms with Gasteiger partial charge in [0.05, 0.1) is 25.5 Å². The Hall–Kier alpha value is -3.55. The Morgan fingerprint density at radius 2 is 1.67 bits per heavy atom. The van der Waals surface area contributed by atoms with Gasteiger partial charge in [0.2, 0.25) is 5.91 Å². The Bertz CT molecular complexity index is 933. The largest absolute Gasteiger partial charge is 0.497 e. The van der Waals surface area contributed by atoms with Crippen molar-refractivity contribution in [3.63, 3.8) is 0 Å². The van der Waals surface area contributed by atoms with Crippen LogP contribution in [0.1, 0.15) is 31.1 Å². The molecule has 0 bridgehead atoms. The molecule has 0 spiro atoms. The molecule has 0 aromatic heterocycles. The third-order valence-electron chi connectivity index (χ3n) is 4.05. The van der Waals surface area contributed by atoms with E-state index < -0.39 is 23.9 Å². The van der Waals surface area contributed by atoms with Crippen LogP contribution in [0.2, 0.25) is 0 Å². The van der Waals surface area contributed by atoms with E-state index in [1.807, 2.05) is 0 Å². The van der Waals surface area contributed by atoms with Gasteiger partial charge >= 0.3 is 5.97 Å². The third-order valence-corrected chi connectivity index (χ3v) is 4.05. The summed E-state index contributed by atoms with van der Waals surface area (Å²) in [6, 6.07) is 11.2. The molecule has 2 aromatic carbocycles. The van der Waals surface area contributed by atoms with E-state index in [2.05, 4.69) is 10.6 Å². The zero-order chi connectivity index (χ0) is 22.3. The lowest BCUT2D eigenvalue weighted by atomic mass is 9.95. The van der Waals surface area contributed by atoms with Gasteiger partial charge in [0.15, 0.2) is 6.61 Å². The molecule has 2 N–H and O–H groups in total. The Labute approximate surface area is 175 Å². The molecule has 0 fully saturated rings. The molecule has 0 radical (unpaired) electrons. The SMILES string of the molecule is COc1ccc(NC(=O)COC(=O)c2cccc(NC(=O)C(C)(C)C)c2)c(OC)c1. The molecule has 0 aliphatic carbocycles. The number of carbonyl (C=O) groups excluding carboxylic acids is 3. The second-order valence-electron chi connectivity index (χ2n) is 7.48. The molecule has 0 heterocycles. The van der Waals surface area contributed by atoms with Crippen LogP contribution < -0.4 is 20.1 Å². The van der Waals surface area contributed by atoms with Gasteiger partial charge in [0.25, 0.3) is 5.91 Å². The Morgan fingerprint density at radius 1 is 0.933 bits per heavy atom. The standard InChI is InChI=1S/C22H26N2O6/c1-22(2,3)21(27)23-15-8-6-7-14(11-15)20(26)30-13-19(25)24-17-10-9-16(28-4)12-18(17)29-5/h6-12H,13H2,1-5H3,(H,23,27)(H,24,25). The van der Waals surface area contributed by atoms with E-state index >= 15 is 0 Å². The normalized spacial score (nSPS) is 10.7. The van der Waals surface area contributed by atoms with Gasteiger partial charge in [0, 0.05) is 17.2 Å². The van der Waals surface area contributed by atoms with Gasteiger partial charge in [-0.05, 0) is 30.3 Å². The molecule has 0 aliphatic rings. The van der Waals surface area contributed by atoms with Crippen molar-refractivity contribution in [1.82, 2.24) is 0 Å². The first-order chi connectivity index (χ1) is 14.1. The van der Waals surface area contributed by atoms with Crippen LogP contribution in [0, 0.1) is 5.41 Å². The minimum atomic E-state index is -0.682. The average molecular weight is 414 g/mol. The zero-order valence-corrected chi connectivity index (χ0v) is 17.7. The number of methoxy groups -OCH3 is 2. The van der Waals surface area contributed by atoms with Crippen molar-refractivity contribution in [1.29, 1.82) is 0 Å². The molecule has 0 atom stereocenters. The minimum absolute atomic E-state index is 0.180. The van der Waals surface area contributed by atoms with E-state index in [9.17, 15) is 14.4 Å². The number of anilines is 2. The zero-order valence-electron chi connectivity index (χ0n) is 17.7. The number of esters is 1. The van der Waals surface area contributed by atoms with Crippen molar-refractivity contribution in [2.75, 3.05) is 31.5 Å². The first kappa shape index (κ1) is 22.7. The maximum atomic E-state index is 12.3. The summed E-state index contributed by atoms with van der Waals surface area (Å²) in [6.45, 7) is 4.89. The molecular weight excluding hydrogens is 388 g/mol. The molecule has 160 valence electrons. The lowest BCUT2D eigenvalue weighted by molar-refractivity contribution is -0.123. The molecule has 30 heavy (non-hydrogen) atoms. The van der Waals surface area contributed by atoms with E-state index in [0.717, 1.165) is 0 Å². The molecule has 0 saturated heterocycles. The molecule has 0 aliphatic heterocycles. The second-order valence-corrected chi connectivity index (χ2v) is 7.48. The van der Waals surface area contributed by atoms with Crippen molar-refractivity contribution in [2.45, 2.75) is 20.8 Å². The fourth-order valence-electron chi connectivity index (χ4n) is 2.35. The van der Waals surface area contributed by atoms with Gasteiger partial charge < -0.3 is 24.8 Å². The van der Waals surface area contributed by atoms with E-state index in [0.29, 0.717) is 22.9 Å². The number of carbonyl (C=O) groups is 3. The predicted molar refractivity (Wildman–Crippen MR) is 113 cm³/mol. The van der Waals surface area contributed by atoms with Gasteiger partial charge in [-0.25, -0.2) is 4.79 Å². The van der Waals surface area contributed by atoms with Crippen LogP contribution in [0.5, 0.6) is 11.5 Å². The van der Waals surface area contributed by atoms with Crippen molar-refractivity contribution in [3.8, 4) is 11.5 Å². The predicted octanol–water partition coefficient (Wildman–Crippen LogP) is 3.48. The number of amides is 2. The first-order valence-electron chi connectivity index (χ1n) is 9.24. The summed E-state index contributed by atoms with van der Waals surface area (Å²) in [4.78, 5) is 36.5. The van der Waals surface area contributed by atoms with E-state index in [4.69, 9.17) is 14.2 Å². The number of rotatable bonds is 7. The van der Waals surface area contributed by atoms with Crippen molar-refractivity contribution in [3.05, 3.63) is 48.0 Å². The molecular formula is C22H26N2O6. The summed E-state index contributed by atoms with van der Waals surface area (Å²) in [7, 11) is 2.99. The summed E-state index contributed by atoms with van der Waals surface area (Å²) < 4.78 is 15.4. The van der Waals surface area contributed by atoms with E-state index in [-0.39, 0.29) is 11.5 Å². The fraction of sp³-hybridized carbons (Fsp3) is 0.318. The smallest absolute Gasteiger partial charge is 0.338 e. The molecule has 8 heteroatoms. The Kier molecular flexibility index (Phi) is 7.41. The van der Waals surface area contributed by atoms with Crippen molar-refractivity contribution in [2.24, 2.45) is 5.41 Å². The van der Waals surface area contributed by atoms with Crippen molar-refractivity contribution < 1.29 is 28.6 Å². The number of hydrogen-bond donors (Lipinski definition) is 2. The topological polar surface area (TPSA) is 103 Å². The number of ether oxygens (including phenoxy) is 3. The van der Waals surface area contributed by atoms with Gasteiger partial charge in [0.1, 0.15) is 11.5 Å². The number of nitrogens with one attached hydrogen (secondary N) is 2. The summed E-state index contributed by atoms with van der Waals surface area (Å²) in [5.41, 5.74) is 0.538. The van der Waals surface area contributed by atoms with Gasteiger partial charge in [-0.2, -0.15) is 0 Å². The molecule has 2 rings (SSSR count). The van der Waals surface area contributed by atoms with E-state index in [1.165, 1.54) is 20.3 Å². The quantitative estimate of drug-likeness (QED) is 0.673. The molecule has 0 unspecified atom stereocenters. The Morgan fingerprint density at radius 3 is 2.30 bits per heavy atom. The maximum absolute atomic E-state index is 12.3. The van der Waals surface area contributed by atoms with Crippen LogP contribution in [0.25, 0.3) is 0 Å². The van der Waals surface area contributed by atoms with Gasteiger partial charge in [-0.3, -0.25) is 9.59 Å². The maximum Gasteiger partial charge on any atom is 0.338 e. The third kappa shape index (κ3) is 6.23. The fourth-order valence-corrected chi connectivity index (χ4v) is 2.35. The molecule has 0 saturated carbocycles. The number of hydrogen-bond acceptors (Lipinski definition) is 6. The summed E-state index contributed by atoms with van der Waals surface area (Å²) in [6.07, 6.45) is 0. The van der Waals surface area contributed by atoms with Crippen LogP contribution in [0.3, 0.4) is 0 Å². The van der Waals surface area contributed by atoms with Crippen LogP contribution in [0.4, 0.5) is 11.4 Å².